The topological polar surface area (TPSA) is 58.6 Å². The summed E-state index contributed by atoms with van der Waals surface area (Å²) in [4.78, 5) is 24.2. The molecule has 1 fully saturated rings. The summed E-state index contributed by atoms with van der Waals surface area (Å²) in [6.07, 6.45) is 0.904. The van der Waals surface area contributed by atoms with E-state index in [0.717, 1.165) is 7.11 Å². The molecule has 0 aliphatic carbocycles. The van der Waals surface area contributed by atoms with Gasteiger partial charge < -0.3 is 15.0 Å². The Bertz CT molecular complexity index is 578. The van der Waals surface area contributed by atoms with Gasteiger partial charge in [-0.05, 0) is 18.6 Å². The second kappa shape index (κ2) is 6.07. The van der Waals surface area contributed by atoms with Gasteiger partial charge in [-0.2, -0.15) is 0 Å². The Morgan fingerprint density at radius 3 is 2.71 bits per heavy atom. The third-order valence-corrected chi connectivity index (χ3v) is 3.47. The summed E-state index contributed by atoms with van der Waals surface area (Å²) in [6, 6.07) is 2.30. The Labute approximate surface area is 120 Å². The fourth-order valence-electron chi connectivity index (χ4n) is 2.28. The number of likely N-dealkylation sites (N-methyl/N-ethyl adjacent to an activating group) is 1. The van der Waals surface area contributed by atoms with Crippen molar-refractivity contribution in [3.8, 4) is 0 Å². The van der Waals surface area contributed by atoms with Crippen molar-refractivity contribution >= 4 is 17.6 Å². The number of nitrogens with one attached hydrogen (secondary N) is 1. The van der Waals surface area contributed by atoms with Crippen LogP contribution in [0.4, 0.5) is 14.5 Å². The summed E-state index contributed by atoms with van der Waals surface area (Å²) in [7, 11) is 2.76. The molecular formula is C14H16F2N2O3. The molecule has 1 aromatic rings. The number of hydrogen-bond acceptors (Lipinski definition) is 4. The van der Waals surface area contributed by atoms with E-state index in [4.69, 9.17) is 0 Å². The molecule has 7 heteroatoms. The average molecular weight is 298 g/mol. The van der Waals surface area contributed by atoms with Crippen molar-refractivity contribution in [1.82, 2.24) is 4.90 Å². The monoisotopic (exact) mass is 298 g/mol. The van der Waals surface area contributed by atoms with E-state index in [2.05, 4.69) is 10.1 Å². The molecule has 1 aromatic carbocycles. The lowest BCUT2D eigenvalue weighted by Gasteiger charge is -2.31. The maximum absolute atomic E-state index is 14.0. The van der Waals surface area contributed by atoms with Crippen LogP contribution in [0.5, 0.6) is 0 Å². The number of esters is 1. The summed E-state index contributed by atoms with van der Waals surface area (Å²) in [5.74, 6) is -3.27. The second-order valence-electron chi connectivity index (χ2n) is 4.93. The van der Waals surface area contributed by atoms with Crippen molar-refractivity contribution in [2.75, 3.05) is 26.0 Å². The van der Waals surface area contributed by atoms with Crippen molar-refractivity contribution < 1.29 is 23.1 Å². The standard InChI is InChI=1S/C14H16F2N2O3/c1-18-7-8(3-6-11(18)19)17-10-5-4-9(14(20)21-2)12(15)13(10)16/h4-5,8,17H,3,6-7H2,1-2H3. The highest BCUT2D eigenvalue weighted by Gasteiger charge is 2.25. The third-order valence-electron chi connectivity index (χ3n) is 3.47. The molecule has 1 N–H and O–H groups in total. The van der Waals surface area contributed by atoms with E-state index in [1.807, 2.05) is 0 Å². The van der Waals surface area contributed by atoms with Gasteiger partial charge in [0.2, 0.25) is 5.91 Å². The van der Waals surface area contributed by atoms with Gasteiger partial charge in [0.25, 0.3) is 0 Å². The van der Waals surface area contributed by atoms with Crippen molar-refractivity contribution in [2.24, 2.45) is 0 Å². The Kier molecular flexibility index (Phi) is 4.40. The minimum absolute atomic E-state index is 0.0285. The van der Waals surface area contributed by atoms with E-state index in [-0.39, 0.29) is 17.6 Å². The van der Waals surface area contributed by atoms with Gasteiger partial charge in [0.05, 0.1) is 18.4 Å². The number of hydrogen-bond donors (Lipinski definition) is 1. The molecule has 21 heavy (non-hydrogen) atoms. The zero-order valence-electron chi connectivity index (χ0n) is 11.8. The van der Waals surface area contributed by atoms with Gasteiger partial charge >= 0.3 is 5.97 Å². The van der Waals surface area contributed by atoms with Crippen LogP contribution in [0.2, 0.25) is 0 Å². The van der Waals surface area contributed by atoms with Gasteiger partial charge in [0.15, 0.2) is 11.6 Å². The Hall–Kier alpha value is -2.18. The predicted octanol–water partition coefficient (Wildman–Crippen LogP) is 1.78. The number of benzene rings is 1. The zero-order chi connectivity index (χ0) is 15.6. The van der Waals surface area contributed by atoms with Crippen molar-refractivity contribution in [3.63, 3.8) is 0 Å². The van der Waals surface area contributed by atoms with Crippen LogP contribution >= 0.6 is 0 Å². The normalized spacial score (nSPS) is 18.6. The fraction of sp³-hybridized carbons (Fsp3) is 0.429. The first-order chi connectivity index (χ1) is 9.93. The minimum Gasteiger partial charge on any atom is -0.465 e. The lowest BCUT2D eigenvalue weighted by molar-refractivity contribution is -0.132. The SMILES string of the molecule is COC(=O)c1ccc(NC2CCC(=O)N(C)C2)c(F)c1F. The molecule has 0 bridgehead atoms. The molecule has 0 spiro atoms. The summed E-state index contributed by atoms with van der Waals surface area (Å²) < 4.78 is 32.2. The first kappa shape index (κ1) is 15.2. The summed E-state index contributed by atoms with van der Waals surface area (Å²) in [6.45, 7) is 0.415. The first-order valence-electron chi connectivity index (χ1n) is 6.51. The number of anilines is 1. The third kappa shape index (κ3) is 3.12. The van der Waals surface area contributed by atoms with E-state index < -0.39 is 23.2 Å². The highest BCUT2D eigenvalue weighted by atomic mass is 19.2. The van der Waals surface area contributed by atoms with E-state index in [0.29, 0.717) is 19.4 Å². The minimum atomic E-state index is -1.24. The van der Waals surface area contributed by atoms with Gasteiger partial charge in [-0.25, -0.2) is 13.6 Å². The Balaban J connectivity index is 2.16. The van der Waals surface area contributed by atoms with E-state index in [1.54, 1.807) is 7.05 Å². The number of rotatable bonds is 3. The Morgan fingerprint density at radius 1 is 1.38 bits per heavy atom. The molecule has 1 saturated heterocycles. The van der Waals surface area contributed by atoms with Crippen LogP contribution in [0.15, 0.2) is 12.1 Å². The number of amides is 1. The molecule has 0 radical (unpaired) electrons. The highest BCUT2D eigenvalue weighted by Crippen LogP contribution is 2.23. The Morgan fingerprint density at radius 2 is 2.10 bits per heavy atom. The number of nitrogens with zero attached hydrogens (tertiary/aromatic N) is 1. The summed E-state index contributed by atoms with van der Waals surface area (Å²) >= 11 is 0. The van der Waals surface area contributed by atoms with Gasteiger partial charge in [0.1, 0.15) is 0 Å². The van der Waals surface area contributed by atoms with Crippen molar-refractivity contribution in [1.29, 1.82) is 0 Å². The van der Waals surface area contributed by atoms with Crippen LogP contribution in [0.3, 0.4) is 0 Å². The van der Waals surface area contributed by atoms with Crippen molar-refractivity contribution in [2.45, 2.75) is 18.9 Å². The average Bonchev–Trinajstić information content (AvgIpc) is 2.47. The van der Waals surface area contributed by atoms with E-state index in [9.17, 15) is 18.4 Å². The molecule has 1 unspecified atom stereocenters. The largest absolute Gasteiger partial charge is 0.465 e. The lowest BCUT2D eigenvalue weighted by atomic mass is 10.0. The first-order valence-corrected chi connectivity index (χ1v) is 6.51. The maximum Gasteiger partial charge on any atom is 0.340 e. The van der Waals surface area contributed by atoms with E-state index >= 15 is 0 Å². The number of halogens is 2. The number of methoxy groups -OCH3 is 1. The smallest absolute Gasteiger partial charge is 0.340 e. The fourth-order valence-corrected chi connectivity index (χ4v) is 2.28. The summed E-state index contributed by atoms with van der Waals surface area (Å²) in [5.41, 5.74) is -0.482. The molecule has 1 amide bonds. The maximum atomic E-state index is 14.0. The molecule has 1 aliphatic rings. The van der Waals surface area contributed by atoms with Gasteiger partial charge in [0, 0.05) is 26.1 Å². The molecule has 1 heterocycles. The van der Waals surface area contributed by atoms with E-state index in [1.165, 1.54) is 17.0 Å². The molecular weight excluding hydrogens is 282 g/mol. The van der Waals surface area contributed by atoms with Crippen LogP contribution < -0.4 is 5.32 Å². The number of ether oxygens (including phenoxy) is 1. The van der Waals surface area contributed by atoms with Crippen LogP contribution in [-0.4, -0.2) is 43.5 Å². The van der Waals surface area contributed by atoms with Crippen LogP contribution in [0.1, 0.15) is 23.2 Å². The summed E-state index contributed by atoms with van der Waals surface area (Å²) in [5, 5.41) is 2.86. The molecule has 0 saturated carbocycles. The van der Waals surface area contributed by atoms with Gasteiger partial charge in [-0.1, -0.05) is 0 Å². The molecule has 114 valence electrons. The number of carbonyl (C=O) groups is 2. The highest BCUT2D eigenvalue weighted by molar-refractivity contribution is 5.90. The number of piperidine rings is 1. The van der Waals surface area contributed by atoms with Crippen molar-refractivity contribution in [3.05, 3.63) is 29.3 Å². The number of likely N-dealkylation sites (tertiary alicyclic amines) is 1. The quantitative estimate of drug-likeness (QED) is 0.864. The predicted molar refractivity (Wildman–Crippen MR) is 72.0 cm³/mol. The molecule has 2 rings (SSSR count). The van der Waals surface area contributed by atoms with Crippen LogP contribution in [-0.2, 0) is 9.53 Å². The van der Waals surface area contributed by atoms with Gasteiger partial charge in [-0.3, -0.25) is 4.79 Å². The molecule has 1 atom stereocenters. The van der Waals surface area contributed by atoms with Crippen LogP contribution in [0.25, 0.3) is 0 Å². The number of carbonyl (C=O) groups excluding carboxylic acids is 2. The molecule has 0 aromatic heterocycles. The molecule has 1 aliphatic heterocycles. The molecule has 5 nitrogen and oxygen atoms in total. The zero-order valence-corrected chi connectivity index (χ0v) is 11.8. The van der Waals surface area contributed by atoms with Gasteiger partial charge in [-0.15, -0.1) is 0 Å². The lowest BCUT2D eigenvalue weighted by Crippen LogP contribution is -2.43. The second-order valence-corrected chi connectivity index (χ2v) is 4.93. The van der Waals surface area contributed by atoms with Crippen LogP contribution in [0, 0.1) is 11.6 Å².